The fourth-order valence-corrected chi connectivity index (χ4v) is 13.1. The topological polar surface area (TPSA) is 119 Å². The molecule has 0 aromatic carbocycles. The molecule has 9 atom stereocenters. The maximum absolute atomic E-state index is 12.6. The molecule has 0 spiro atoms. The molecule has 4 rings (SSSR count). The van der Waals surface area contributed by atoms with Crippen molar-refractivity contribution in [3.8, 4) is 0 Å². The van der Waals surface area contributed by atoms with Gasteiger partial charge in [0.2, 0.25) is 0 Å². The second kappa shape index (κ2) is 24.5. The van der Waals surface area contributed by atoms with E-state index in [-0.39, 0.29) is 30.6 Å². The summed E-state index contributed by atoms with van der Waals surface area (Å²) in [4.78, 5) is 46.7. The molecule has 0 heterocycles. The Morgan fingerprint density at radius 1 is 0.759 bits per heavy atom. The van der Waals surface area contributed by atoms with Crippen LogP contribution < -0.4 is 5.32 Å². The van der Waals surface area contributed by atoms with Crippen LogP contribution in [0.1, 0.15) is 202 Å². The number of phosphoric ester groups is 1. The molecule has 0 aromatic heterocycles. The maximum Gasteiger partial charge on any atom is 0.472 e. The molecule has 0 aliphatic heterocycles. The zero-order valence-electron chi connectivity index (χ0n) is 38.0. The van der Waals surface area contributed by atoms with E-state index in [1.807, 2.05) is 0 Å². The number of carbonyl (C=O) groups excluding carboxylic acids is 3. The fraction of sp³-hybridized carbons (Fsp3) is 0.898. The molecule has 58 heavy (non-hydrogen) atoms. The number of phosphoric acid groups is 1. The lowest BCUT2D eigenvalue weighted by Gasteiger charge is -2.58. The highest BCUT2D eigenvalue weighted by atomic mass is 31.2. The van der Waals surface area contributed by atoms with Crippen LogP contribution in [0.5, 0.6) is 0 Å². The quantitative estimate of drug-likeness (QED) is 0.0417. The van der Waals surface area contributed by atoms with Crippen LogP contribution in [0.2, 0.25) is 0 Å². The number of ketones is 3. The van der Waals surface area contributed by atoms with E-state index >= 15 is 0 Å². The second-order valence-corrected chi connectivity index (χ2v) is 21.8. The van der Waals surface area contributed by atoms with Crippen molar-refractivity contribution in [2.75, 3.05) is 26.8 Å². The highest BCUT2D eigenvalue weighted by Gasteiger charge is 2.59. The first-order valence-corrected chi connectivity index (χ1v) is 25.7. The number of allylic oxidation sites excluding steroid dienone is 2. The molecule has 9 heteroatoms. The minimum absolute atomic E-state index is 0.0954. The summed E-state index contributed by atoms with van der Waals surface area (Å²) in [5.41, 5.74) is 2.79. The van der Waals surface area contributed by atoms with E-state index in [4.69, 9.17) is 9.05 Å². The average Bonchev–Trinajstić information content (AvgIpc) is 3.53. The predicted octanol–water partition coefficient (Wildman–Crippen LogP) is 12.6. The third-order valence-corrected chi connectivity index (χ3v) is 16.8. The molecule has 0 radical (unpaired) electrons. The molecule has 0 aromatic rings. The lowest BCUT2D eigenvalue weighted by molar-refractivity contribution is -0.120. The van der Waals surface area contributed by atoms with Crippen LogP contribution >= 0.6 is 7.82 Å². The molecule has 2 N–H and O–H groups in total. The first-order valence-electron chi connectivity index (χ1n) is 24.2. The van der Waals surface area contributed by atoms with E-state index in [1.54, 1.807) is 12.6 Å². The highest BCUT2D eigenvalue weighted by Crippen LogP contribution is 2.67. The summed E-state index contributed by atoms with van der Waals surface area (Å²) in [6.45, 7) is 13.4. The minimum atomic E-state index is -4.02. The van der Waals surface area contributed by atoms with Gasteiger partial charge < -0.3 is 10.2 Å². The molecule has 3 fully saturated rings. The van der Waals surface area contributed by atoms with Crippen molar-refractivity contribution in [3.05, 3.63) is 11.6 Å². The third kappa shape index (κ3) is 15.0. The Labute approximate surface area is 354 Å². The van der Waals surface area contributed by atoms with Gasteiger partial charge in [0, 0.05) is 45.1 Å². The zero-order chi connectivity index (χ0) is 42.2. The summed E-state index contributed by atoms with van der Waals surface area (Å²) in [6, 6.07) is 0. The molecule has 8 nitrogen and oxygen atoms in total. The van der Waals surface area contributed by atoms with Crippen molar-refractivity contribution >= 4 is 25.2 Å². The summed E-state index contributed by atoms with van der Waals surface area (Å²) in [7, 11) is -2.29. The molecule has 6 unspecified atom stereocenters. The van der Waals surface area contributed by atoms with Crippen LogP contribution in [0.4, 0.5) is 0 Å². The molecule has 4 aliphatic rings. The van der Waals surface area contributed by atoms with Gasteiger partial charge in [0.25, 0.3) is 0 Å². The number of hydrogen-bond acceptors (Lipinski definition) is 7. The number of rotatable bonds is 30. The molecule has 0 amide bonds. The molecule has 3 saturated carbocycles. The molecular weight excluding hydrogens is 746 g/mol. The van der Waals surface area contributed by atoms with Crippen molar-refractivity contribution in [1.82, 2.24) is 5.32 Å². The van der Waals surface area contributed by atoms with Crippen LogP contribution in [0.15, 0.2) is 11.6 Å². The number of nitrogens with one attached hydrogen (secondary N) is 1. The normalized spacial score (nSPS) is 29.6. The Morgan fingerprint density at radius 3 is 2.02 bits per heavy atom. The van der Waals surface area contributed by atoms with E-state index in [9.17, 15) is 23.8 Å². The molecule has 4 aliphatic carbocycles. The van der Waals surface area contributed by atoms with E-state index < -0.39 is 7.82 Å². The summed E-state index contributed by atoms with van der Waals surface area (Å²) in [5.74, 6) is 6.71. The smallest absolute Gasteiger partial charge is 0.317 e. The van der Waals surface area contributed by atoms with Gasteiger partial charge in [-0.25, -0.2) is 4.57 Å². The van der Waals surface area contributed by atoms with Gasteiger partial charge in [0.05, 0.1) is 13.2 Å². The largest absolute Gasteiger partial charge is 0.472 e. The van der Waals surface area contributed by atoms with Crippen molar-refractivity contribution in [1.29, 1.82) is 0 Å². The predicted molar refractivity (Wildman–Crippen MR) is 236 cm³/mol. The summed E-state index contributed by atoms with van der Waals surface area (Å²) >= 11 is 0. The minimum Gasteiger partial charge on any atom is -0.317 e. The van der Waals surface area contributed by atoms with Gasteiger partial charge in [-0.15, -0.1) is 0 Å². The first-order chi connectivity index (χ1) is 27.7. The van der Waals surface area contributed by atoms with E-state index in [0.29, 0.717) is 88.0 Å². The number of fused-ring (bicyclic) bond motifs is 5. The van der Waals surface area contributed by atoms with Gasteiger partial charge in [-0.1, -0.05) is 91.2 Å². The summed E-state index contributed by atoms with van der Waals surface area (Å²) < 4.78 is 21.5. The zero-order valence-corrected chi connectivity index (χ0v) is 38.9. The Bertz CT molecular complexity index is 1360. The number of hydrogen-bond donors (Lipinski definition) is 2. The van der Waals surface area contributed by atoms with Gasteiger partial charge in [-0.2, -0.15) is 0 Å². The average molecular weight is 832 g/mol. The molecular formula is C49H86NO7P. The number of unbranched alkanes of at least 4 members (excludes halogenated alkanes) is 4. The van der Waals surface area contributed by atoms with Gasteiger partial charge in [0.1, 0.15) is 17.3 Å². The summed E-state index contributed by atoms with van der Waals surface area (Å²) in [6.07, 6.45) is 28.7. The molecule has 0 bridgehead atoms. The Kier molecular flexibility index (Phi) is 20.9. The molecule has 334 valence electrons. The van der Waals surface area contributed by atoms with Crippen LogP contribution in [-0.4, -0.2) is 49.0 Å². The van der Waals surface area contributed by atoms with Crippen LogP contribution in [0.25, 0.3) is 0 Å². The van der Waals surface area contributed by atoms with Gasteiger partial charge in [-0.3, -0.25) is 23.4 Å². The number of likely N-dealkylation sites (N-methyl/N-ethyl adjacent to an activating group) is 1. The van der Waals surface area contributed by atoms with Crippen LogP contribution in [-0.2, 0) is 28.0 Å². The number of carbonyl (C=O) groups is 3. The van der Waals surface area contributed by atoms with E-state index in [0.717, 1.165) is 54.3 Å². The highest BCUT2D eigenvalue weighted by molar-refractivity contribution is 7.47. The Balaban J connectivity index is 1.02. The lowest BCUT2D eigenvalue weighted by atomic mass is 9.46. The Morgan fingerprint density at radius 2 is 1.38 bits per heavy atom. The monoisotopic (exact) mass is 832 g/mol. The van der Waals surface area contributed by atoms with Gasteiger partial charge >= 0.3 is 7.82 Å². The van der Waals surface area contributed by atoms with Crippen molar-refractivity contribution in [3.63, 3.8) is 0 Å². The Hall–Kier alpha value is -1.18. The van der Waals surface area contributed by atoms with E-state index in [1.165, 1.54) is 83.5 Å². The van der Waals surface area contributed by atoms with Gasteiger partial charge in [-0.05, 0) is 143 Å². The second-order valence-electron chi connectivity index (χ2n) is 20.4. The third-order valence-electron chi connectivity index (χ3n) is 15.8. The fourth-order valence-electron chi connectivity index (χ4n) is 12.4. The molecule has 0 saturated heterocycles. The first kappa shape index (κ1) is 49.5. The maximum atomic E-state index is 12.6. The van der Waals surface area contributed by atoms with Crippen molar-refractivity contribution in [2.45, 2.75) is 202 Å². The van der Waals surface area contributed by atoms with Crippen molar-refractivity contribution < 1.29 is 32.9 Å². The number of Topliss-reactive ketones (excluding diaryl/α,β-unsaturated/α-hetero) is 3. The van der Waals surface area contributed by atoms with Crippen molar-refractivity contribution in [2.24, 2.45) is 52.3 Å². The van der Waals surface area contributed by atoms with E-state index in [2.05, 4.69) is 46.0 Å². The summed E-state index contributed by atoms with van der Waals surface area (Å²) in [5, 5.41) is 2.83. The van der Waals surface area contributed by atoms with Gasteiger partial charge in [0.15, 0.2) is 0 Å². The van der Waals surface area contributed by atoms with Crippen LogP contribution in [0.3, 0.4) is 0 Å². The lowest BCUT2D eigenvalue weighted by Crippen LogP contribution is -2.50. The standard InChI is InChI=1S/C49H86NO7P/c1-37(2)16-13-17-38(3)45-27-28-46-44-26-25-40-36-39(29-31-48(40,4)47(44)30-32-49(45,46)5)18-9-7-10-19-41(51)21-14-23-43(53)24-15-22-42(52)20-11-8-12-34-56-58(54,55)57-35-33-50-6/h25,37-39,44-47,50H,7-24,26-36H2,1-6H3,(H,54,55)/t38-,39+,44+,45?,46?,47?,48?,49?/m1/s1. The SMILES string of the molecule is CNCCOP(=O)(O)OCCCCCC(=O)CCCC(=O)CCCC(=O)CCCCC[C@H]1CCC2(C)C(=CC[C@@H]3C2CCC2(C)C3CCC2[C@H](C)CCCC(C)C)C1. The van der Waals surface area contributed by atoms with Crippen LogP contribution in [0, 0.1) is 52.3 Å².